The molecule has 9 aromatic carbocycles. The molecule has 1 aromatic heterocycles. The van der Waals surface area contributed by atoms with Gasteiger partial charge in [0.05, 0.1) is 5.69 Å². The molecule has 1 aliphatic carbocycles. The van der Waals surface area contributed by atoms with Crippen LogP contribution in [0.2, 0.25) is 0 Å². The van der Waals surface area contributed by atoms with Gasteiger partial charge in [-0.05, 0) is 104 Å². The van der Waals surface area contributed by atoms with Gasteiger partial charge in [-0.15, -0.1) is 0 Å². The van der Waals surface area contributed by atoms with Crippen molar-refractivity contribution in [3.8, 4) is 22.3 Å². The predicted octanol–water partition coefficient (Wildman–Crippen LogP) is 14.4. The summed E-state index contributed by atoms with van der Waals surface area (Å²) in [5.41, 5.74) is 13.7. The van der Waals surface area contributed by atoms with Crippen molar-refractivity contribution in [3.63, 3.8) is 0 Å². The van der Waals surface area contributed by atoms with Crippen LogP contribution in [0, 0.1) is 0 Å². The van der Waals surface area contributed by atoms with Crippen LogP contribution in [0.15, 0.2) is 199 Å². The second-order valence-corrected chi connectivity index (χ2v) is 14.6. The van der Waals surface area contributed by atoms with Gasteiger partial charge in [0.1, 0.15) is 11.2 Å². The molecule has 10 aromatic rings. The van der Waals surface area contributed by atoms with Crippen molar-refractivity contribution in [2.24, 2.45) is 0 Å². The molecule has 0 spiro atoms. The molecule has 0 unspecified atom stereocenters. The monoisotopic (exact) mass is 689 g/mol. The zero-order valence-electron chi connectivity index (χ0n) is 29.8. The molecule has 1 heterocycles. The van der Waals surface area contributed by atoms with E-state index in [1.807, 2.05) is 0 Å². The van der Waals surface area contributed by atoms with Gasteiger partial charge in [0, 0.05) is 32.9 Å². The number of hydrogen-bond acceptors (Lipinski definition) is 2. The SMILES string of the molecule is CC1(c2ccc3c(c2)oc2ccc(N(c4ccc(-c5ccccc5)cc4)c4cc5ccccc5c5ccccc45)cc23)c2ccccc2-c2ccccc21. The Hall–Kier alpha value is -6.90. The molecule has 0 radical (unpaired) electrons. The van der Waals surface area contributed by atoms with Gasteiger partial charge in [-0.1, -0.05) is 152 Å². The summed E-state index contributed by atoms with van der Waals surface area (Å²) in [5.74, 6) is 0. The number of benzene rings is 9. The second-order valence-electron chi connectivity index (χ2n) is 14.6. The third-order valence-corrected chi connectivity index (χ3v) is 11.7. The van der Waals surface area contributed by atoms with E-state index in [1.165, 1.54) is 60.5 Å². The number of anilines is 3. The molecule has 11 rings (SSSR count). The highest BCUT2D eigenvalue weighted by atomic mass is 16.3. The van der Waals surface area contributed by atoms with Crippen molar-refractivity contribution >= 4 is 60.5 Å². The molecule has 0 fully saturated rings. The fourth-order valence-electron chi connectivity index (χ4n) is 9.06. The third kappa shape index (κ3) is 4.53. The summed E-state index contributed by atoms with van der Waals surface area (Å²) in [5, 5.41) is 7.12. The second kappa shape index (κ2) is 11.8. The summed E-state index contributed by atoms with van der Waals surface area (Å²) in [6.07, 6.45) is 0. The van der Waals surface area contributed by atoms with Crippen LogP contribution in [-0.4, -0.2) is 0 Å². The van der Waals surface area contributed by atoms with Crippen LogP contribution in [0.1, 0.15) is 23.6 Å². The molecule has 2 nitrogen and oxygen atoms in total. The highest BCUT2D eigenvalue weighted by Gasteiger charge is 2.40. The normalized spacial score (nSPS) is 13.1. The first-order chi connectivity index (χ1) is 26.6. The molecule has 254 valence electrons. The van der Waals surface area contributed by atoms with E-state index in [4.69, 9.17) is 4.42 Å². The Morgan fingerprint density at radius 3 is 1.78 bits per heavy atom. The number of nitrogens with zero attached hydrogens (tertiary/aromatic N) is 1. The Labute approximate surface area is 314 Å². The zero-order valence-corrected chi connectivity index (χ0v) is 29.8. The van der Waals surface area contributed by atoms with Crippen molar-refractivity contribution in [3.05, 3.63) is 211 Å². The summed E-state index contributed by atoms with van der Waals surface area (Å²) < 4.78 is 6.69. The van der Waals surface area contributed by atoms with Crippen LogP contribution >= 0.6 is 0 Å². The fraction of sp³-hybridized carbons (Fsp3) is 0.0385. The Morgan fingerprint density at radius 1 is 0.407 bits per heavy atom. The minimum atomic E-state index is -0.286. The van der Waals surface area contributed by atoms with Crippen molar-refractivity contribution in [2.75, 3.05) is 4.90 Å². The topological polar surface area (TPSA) is 16.4 Å². The summed E-state index contributed by atoms with van der Waals surface area (Å²) in [7, 11) is 0. The first-order valence-electron chi connectivity index (χ1n) is 18.7. The van der Waals surface area contributed by atoms with Crippen LogP contribution in [0.25, 0.3) is 65.7 Å². The highest BCUT2D eigenvalue weighted by Crippen LogP contribution is 2.53. The number of hydrogen-bond donors (Lipinski definition) is 0. The highest BCUT2D eigenvalue weighted by molar-refractivity contribution is 6.15. The lowest BCUT2D eigenvalue weighted by molar-refractivity contribution is 0.662. The van der Waals surface area contributed by atoms with E-state index in [0.29, 0.717) is 0 Å². The molecule has 0 saturated heterocycles. The molecular weight excluding hydrogens is 655 g/mol. The lowest BCUT2D eigenvalue weighted by Crippen LogP contribution is -2.22. The fourth-order valence-corrected chi connectivity index (χ4v) is 9.06. The van der Waals surface area contributed by atoms with E-state index in [1.54, 1.807) is 0 Å². The van der Waals surface area contributed by atoms with Crippen LogP contribution < -0.4 is 4.90 Å². The molecule has 0 bridgehead atoms. The molecule has 0 saturated carbocycles. The standard InChI is InChI=1S/C52H35NO/c1-52(47-21-11-9-18-42(47)43-19-10-12-22-48(43)52)37-25-29-45-46-33-39(28-30-50(46)54-51(45)32-37)53(38-26-23-35(24-27-38)34-13-3-2-4-14-34)49-31-36-15-5-6-16-40(36)41-17-7-8-20-44(41)49/h2-33H,1H3. The van der Waals surface area contributed by atoms with Gasteiger partial charge < -0.3 is 9.32 Å². The summed E-state index contributed by atoms with van der Waals surface area (Å²) in [6.45, 7) is 2.36. The molecule has 54 heavy (non-hydrogen) atoms. The van der Waals surface area contributed by atoms with Crippen molar-refractivity contribution in [1.29, 1.82) is 0 Å². The maximum Gasteiger partial charge on any atom is 0.135 e. The Balaban J connectivity index is 1.09. The third-order valence-electron chi connectivity index (χ3n) is 11.7. The lowest BCUT2D eigenvalue weighted by atomic mass is 9.74. The summed E-state index contributed by atoms with van der Waals surface area (Å²) >= 11 is 0. The average molecular weight is 690 g/mol. The van der Waals surface area contributed by atoms with Gasteiger partial charge in [-0.25, -0.2) is 0 Å². The Morgan fingerprint density at radius 2 is 1.02 bits per heavy atom. The van der Waals surface area contributed by atoms with Gasteiger partial charge in [-0.2, -0.15) is 0 Å². The molecule has 0 aliphatic heterocycles. The summed E-state index contributed by atoms with van der Waals surface area (Å²) in [4.78, 5) is 2.41. The van der Waals surface area contributed by atoms with Crippen LogP contribution in [0.5, 0.6) is 0 Å². The predicted molar refractivity (Wildman–Crippen MR) is 226 cm³/mol. The zero-order chi connectivity index (χ0) is 35.8. The van der Waals surface area contributed by atoms with Crippen LogP contribution in [0.3, 0.4) is 0 Å². The lowest BCUT2D eigenvalue weighted by Gasteiger charge is -2.28. The van der Waals surface area contributed by atoms with Crippen LogP contribution in [0.4, 0.5) is 17.1 Å². The smallest absolute Gasteiger partial charge is 0.135 e. The summed E-state index contributed by atoms with van der Waals surface area (Å²) in [6, 6.07) is 70.5. The van der Waals surface area contributed by atoms with E-state index in [2.05, 4.69) is 206 Å². The largest absolute Gasteiger partial charge is 0.456 e. The average Bonchev–Trinajstić information content (AvgIpc) is 3.74. The number of fused-ring (bicyclic) bond motifs is 9. The van der Waals surface area contributed by atoms with E-state index >= 15 is 0 Å². The number of rotatable bonds is 5. The van der Waals surface area contributed by atoms with Crippen molar-refractivity contribution < 1.29 is 4.42 Å². The molecule has 0 N–H and O–H groups in total. The Kier molecular flexibility index (Phi) is 6.72. The minimum absolute atomic E-state index is 0.286. The quantitative estimate of drug-likeness (QED) is 0.167. The molecular formula is C52H35NO. The van der Waals surface area contributed by atoms with Gasteiger partial charge in [0.25, 0.3) is 0 Å². The molecule has 2 heteroatoms. The number of furan rings is 1. The van der Waals surface area contributed by atoms with Crippen molar-refractivity contribution in [1.82, 2.24) is 0 Å². The van der Waals surface area contributed by atoms with E-state index in [-0.39, 0.29) is 5.41 Å². The van der Waals surface area contributed by atoms with Crippen LogP contribution in [-0.2, 0) is 5.41 Å². The van der Waals surface area contributed by atoms with E-state index in [9.17, 15) is 0 Å². The van der Waals surface area contributed by atoms with Gasteiger partial charge >= 0.3 is 0 Å². The first kappa shape index (κ1) is 30.7. The van der Waals surface area contributed by atoms with Gasteiger partial charge in [0.15, 0.2) is 0 Å². The Bertz CT molecular complexity index is 3020. The maximum absolute atomic E-state index is 6.69. The van der Waals surface area contributed by atoms with Gasteiger partial charge in [-0.3, -0.25) is 0 Å². The molecule has 1 aliphatic rings. The first-order valence-corrected chi connectivity index (χ1v) is 18.7. The van der Waals surface area contributed by atoms with E-state index < -0.39 is 0 Å². The maximum atomic E-state index is 6.69. The van der Waals surface area contributed by atoms with Crippen molar-refractivity contribution in [2.45, 2.75) is 12.3 Å². The molecule has 0 atom stereocenters. The minimum Gasteiger partial charge on any atom is -0.456 e. The molecule has 0 amide bonds. The van der Waals surface area contributed by atoms with Gasteiger partial charge in [0.2, 0.25) is 0 Å². The van der Waals surface area contributed by atoms with E-state index in [0.717, 1.165) is 39.0 Å².